The lowest BCUT2D eigenvalue weighted by molar-refractivity contribution is 0.471. The summed E-state index contributed by atoms with van der Waals surface area (Å²) in [6.45, 7) is 6.03. The maximum absolute atomic E-state index is 5.90. The summed E-state index contributed by atoms with van der Waals surface area (Å²) >= 11 is 0. The fourth-order valence-electron chi connectivity index (χ4n) is 1.96. The Labute approximate surface area is 114 Å². The van der Waals surface area contributed by atoms with Crippen LogP contribution in [0.15, 0.2) is 36.5 Å². The van der Waals surface area contributed by atoms with E-state index in [9.17, 15) is 0 Å². The second-order valence-corrected chi connectivity index (χ2v) is 5.03. The molecule has 0 spiro atoms. The number of hydrogen-bond donors (Lipinski definition) is 1. The van der Waals surface area contributed by atoms with E-state index in [1.807, 2.05) is 38.1 Å². The molecule has 2 rings (SSSR count). The van der Waals surface area contributed by atoms with E-state index < -0.39 is 0 Å². The molecule has 19 heavy (non-hydrogen) atoms. The van der Waals surface area contributed by atoms with Crippen molar-refractivity contribution in [3.8, 4) is 11.5 Å². The lowest BCUT2D eigenvalue weighted by Gasteiger charge is -2.13. The molecule has 0 amide bonds. The van der Waals surface area contributed by atoms with Gasteiger partial charge in [-0.05, 0) is 51.0 Å². The highest BCUT2D eigenvalue weighted by atomic mass is 16.5. The number of pyridine rings is 1. The number of rotatable bonds is 4. The average Bonchev–Trinajstić information content (AvgIpc) is 2.34. The minimum absolute atomic E-state index is 0.111. The van der Waals surface area contributed by atoms with Crippen molar-refractivity contribution in [1.29, 1.82) is 0 Å². The van der Waals surface area contributed by atoms with Crippen molar-refractivity contribution in [3.63, 3.8) is 0 Å². The topological polar surface area (TPSA) is 48.1 Å². The summed E-state index contributed by atoms with van der Waals surface area (Å²) in [5, 5.41) is 0. The first-order valence-corrected chi connectivity index (χ1v) is 6.50. The van der Waals surface area contributed by atoms with Crippen LogP contribution in [0.25, 0.3) is 0 Å². The minimum atomic E-state index is 0.111. The first-order valence-electron chi connectivity index (χ1n) is 6.50. The summed E-state index contributed by atoms with van der Waals surface area (Å²) in [5.74, 6) is 1.61. The molecule has 1 atom stereocenters. The molecule has 0 fully saturated rings. The maximum atomic E-state index is 5.90. The molecule has 2 N–H and O–H groups in total. The molecule has 1 aromatic carbocycles. The molecule has 0 saturated carbocycles. The first kappa shape index (κ1) is 13.6. The van der Waals surface area contributed by atoms with Gasteiger partial charge in [-0.1, -0.05) is 17.7 Å². The highest BCUT2D eigenvalue weighted by molar-refractivity contribution is 5.40. The van der Waals surface area contributed by atoms with Crippen LogP contribution in [-0.2, 0) is 6.42 Å². The molecule has 1 unspecified atom stereocenters. The third kappa shape index (κ3) is 3.80. The Kier molecular flexibility index (Phi) is 4.17. The highest BCUT2D eigenvalue weighted by Gasteiger charge is 2.08. The Morgan fingerprint density at radius 2 is 2.00 bits per heavy atom. The van der Waals surface area contributed by atoms with E-state index >= 15 is 0 Å². The monoisotopic (exact) mass is 256 g/mol. The van der Waals surface area contributed by atoms with E-state index in [0.717, 1.165) is 29.2 Å². The van der Waals surface area contributed by atoms with Gasteiger partial charge < -0.3 is 10.5 Å². The van der Waals surface area contributed by atoms with Crippen LogP contribution < -0.4 is 10.5 Å². The largest absolute Gasteiger partial charge is 0.455 e. The summed E-state index contributed by atoms with van der Waals surface area (Å²) in [6.07, 6.45) is 2.54. The normalized spacial score (nSPS) is 12.2. The van der Waals surface area contributed by atoms with E-state index in [-0.39, 0.29) is 6.04 Å². The summed E-state index contributed by atoms with van der Waals surface area (Å²) in [4.78, 5) is 4.23. The van der Waals surface area contributed by atoms with Crippen molar-refractivity contribution in [2.24, 2.45) is 5.73 Å². The van der Waals surface area contributed by atoms with Crippen LogP contribution in [0.1, 0.15) is 23.7 Å². The molecule has 3 heteroatoms. The molecule has 1 aromatic heterocycles. The van der Waals surface area contributed by atoms with Gasteiger partial charge in [-0.25, -0.2) is 0 Å². The lowest BCUT2D eigenvalue weighted by Crippen LogP contribution is -2.18. The van der Waals surface area contributed by atoms with Crippen molar-refractivity contribution in [2.75, 3.05) is 0 Å². The highest BCUT2D eigenvalue weighted by Crippen LogP contribution is 2.26. The Balaban J connectivity index is 2.26. The van der Waals surface area contributed by atoms with Crippen LogP contribution >= 0.6 is 0 Å². The van der Waals surface area contributed by atoms with Crippen LogP contribution in [0.3, 0.4) is 0 Å². The predicted octanol–water partition coefficient (Wildman–Crippen LogP) is 3.38. The molecule has 100 valence electrons. The quantitative estimate of drug-likeness (QED) is 0.912. The number of hydrogen-bond acceptors (Lipinski definition) is 3. The standard InChI is InChI=1S/C16H20N2O/c1-11-4-7-16(14(8-11)9-12(2)17)19-15-6-5-13(3)18-10-15/h4-8,10,12H,9,17H2,1-3H3. The van der Waals surface area contributed by atoms with Crippen LogP contribution in [0, 0.1) is 13.8 Å². The van der Waals surface area contributed by atoms with Gasteiger partial charge in [0.05, 0.1) is 6.20 Å². The fourth-order valence-corrected chi connectivity index (χ4v) is 1.96. The number of nitrogens with zero attached hydrogens (tertiary/aromatic N) is 1. The Morgan fingerprint density at radius 3 is 2.63 bits per heavy atom. The Hall–Kier alpha value is -1.87. The van der Waals surface area contributed by atoms with Gasteiger partial charge >= 0.3 is 0 Å². The molecular weight excluding hydrogens is 236 g/mol. The number of benzene rings is 1. The lowest BCUT2D eigenvalue weighted by atomic mass is 10.0. The molecule has 1 heterocycles. The van der Waals surface area contributed by atoms with Crippen LogP contribution in [0.4, 0.5) is 0 Å². The van der Waals surface area contributed by atoms with E-state index in [4.69, 9.17) is 10.5 Å². The smallest absolute Gasteiger partial charge is 0.145 e. The van der Waals surface area contributed by atoms with Crippen molar-refractivity contribution < 1.29 is 4.74 Å². The van der Waals surface area contributed by atoms with Crippen molar-refractivity contribution in [1.82, 2.24) is 4.98 Å². The Morgan fingerprint density at radius 1 is 1.21 bits per heavy atom. The zero-order chi connectivity index (χ0) is 13.8. The fraction of sp³-hybridized carbons (Fsp3) is 0.312. The third-order valence-electron chi connectivity index (χ3n) is 2.87. The molecule has 3 nitrogen and oxygen atoms in total. The van der Waals surface area contributed by atoms with Gasteiger partial charge in [-0.3, -0.25) is 4.98 Å². The van der Waals surface area contributed by atoms with Crippen LogP contribution in [-0.4, -0.2) is 11.0 Å². The second kappa shape index (κ2) is 5.85. The summed E-state index contributed by atoms with van der Waals surface area (Å²) in [5.41, 5.74) is 9.22. The van der Waals surface area contributed by atoms with E-state index in [1.54, 1.807) is 6.20 Å². The van der Waals surface area contributed by atoms with Gasteiger partial charge in [0.1, 0.15) is 11.5 Å². The van der Waals surface area contributed by atoms with E-state index in [0.29, 0.717) is 0 Å². The number of aromatic nitrogens is 1. The van der Waals surface area contributed by atoms with E-state index in [2.05, 4.69) is 18.0 Å². The zero-order valence-corrected chi connectivity index (χ0v) is 11.7. The van der Waals surface area contributed by atoms with Crippen molar-refractivity contribution >= 4 is 0 Å². The number of nitrogens with two attached hydrogens (primary N) is 1. The summed E-state index contributed by atoms with van der Waals surface area (Å²) < 4.78 is 5.90. The minimum Gasteiger partial charge on any atom is -0.455 e. The average molecular weight is 256 g/mol. The summed E-state index contributed by atoms with van der Waals surface area (Å²) in [6, 6.07) is 10.1. The van der Waals surface area contributed by atoms with Gasteiger partial charge in [0, 0.05) is 11.7 Å². The maximum Gasteiger partial charge on any atom is 0.145 e. The van der Waals surface area contributed by atoms with Crippen LogP contribution in [0.2, 0.25) is 0 Å². The van der Waals surface area contributed by atoms with E-state index in [1.165, 1.54) is 5.56 Å². The molecule has 0 aliphatic heterocycles. The molecule has 0 radical (unpaired) electrons. The number of aryl methyl sites for hydroxylation is 2. The first-order chi connectivity index (χ1) is 9.04. The van der Waals surface area contributed by atoms with Gasteiger partial charge in [0.2, 0.25) is 0 Å². The zero-order valence-electron chi connectivity index (χ0n) is 11.7. The third-order valence-corrected chi connectivity index (χ3v) is 2.87. The Bertz CT molecular complexity index is 547. The van der Waals surface area contributed by atoms with Crippen molar-refractivity contribution in [2.45, 2.75) is 33.2 Å². The molecule has 0 aliphatic rings. The second-order valence-electron chi connectivity index (χ2n) is 5.03. The summed E-state index contributed by atoms with van der Waals surface area (Å²) in [7, 11) is 0. The SMILES string of the molecule is Cc1ccc(Oc2ccc(C)nc2)c(CC(C)N)c1. The van der Waals surface area contributed by atoms with Gasteiger partial charge in [0.25, 0.3) is 0 Å². The van der Waals surface area contributed by atoms with Gasteiger partial charge in [-0.15, -0.1) is 0 Å². The molecule has 0 bridgehead atoms. The molecule has 2 aromatic rings. The molecule has 0 aliphatic carbocycles. The van der Waals surface area contributed by atoms with Gasteiger partial charge in [-0.2, -0.15) is 0 Å². The molecule has 0 saturated heterocycles. The molecular formula is C16H20N2O. The van der Waals surface area contributed by atoms with Gasteiger partial charge in [0.15, 0.2) is 0 Å². The van der Waals surface area contributed by atoms with Crippen LogP contribution in [0.5, 0.6) is 11.5 Å². The predicted molar refractivity (Wildman–Crippen MR) is 77.6 cm³/mol. The van der Waals surface area contributed by atoms with Crippen molar-refractivity contribution in [3.05, 3.63) is 53.3 Å². The number of ether oxygens (including phenoxy) is 1.